The lowest BCUT2D eigenvalue weighted by molar-refractivity contribution is -0.159. The molecule has 174 valence electrons. The number of carbonyl (C=O) groups is 3. The van der Waals surface area contributed by atoms with Crippen LogP contribution in [-0.2, 0) is 48.5 Å². The molecule has 3 unspecified atom stereocenters. The minimum Gasteiger partial charge on any atom is -0.462 e. The summed E-state index contributed by atoms with van der Waals surface area (Å²) in [5.74, 6) is -1.41. The van der Waals surface area contributed by atoms with E-state index in [-0.39, 0.29) is 12.1 Å². The zero-order chi connectivity index (χ0) is 23.8. The predicted molar refractivity (Wildman–Crippen MR) is 121 cm³/mol. The number of hydrogen-bond acceptors (Lipinski definition) is 7. The van der Waals surface area contributed by atoms with E-state index in [1.54, 1.807) is 35.3 Å². The van der Waals surface area contributed by atoms with Gasteiger partial charge < -0.3 is 18.8 Å². The number of rotatable bonds is 5. The Hall–Kier alpha value is -3.68. The summed E-state index contributed by atoms with van der Waals surface area (Å²) >= 11 is 0. The Morgan fingerprint density at radius 2 is 1.73 bits per heavy atom. The van der Waals surface area contributed by atoms with Gasteiger partial charge in [-0.15, -0.1) is 0 Å². The number of aromatic nitrogens is 2. The van der Waals surface area contributed by atoms with Crippen molar-refractivity contribution >= 4 is 24.0 Å². The largest absolute Gasteiger partial charge is 0.462 e. The van der Waals surface area contributed by atoms with Crippen LogP contribution in [0.2, 0.25) is 0 Å². The molecule has 0 saturated carbocycles. The monoisotopic (exact) mass is 452 g/mol. The highest BCUT2D eigenvalue weighted by Gasteiger charge is 2.28. The van der Waals surface area contributed by atoms with Crippen LogP contribution in [0.15, 0.2) is 55.0 Å². The highest BCUT2D eigenvalue weighted by molar-refractivity contribution is 5.86. The van der Waals surface area contributed by atoms with Gasteiger partial charge in [0.05, 0.1) is 12.0 Å². The van der Waals surface area contributed by atoms with Gasteiger partial charge in [0.1, 0.15) is 12.2 Å². The Balaban J connectivity index is 1.87. The predicted octanol–water partition coefficient (Wildman–Crippen LogP) is 2.95. The van der Waals surface area contributed by atoms with Crippen LogP contribution in [0.5, 0.6) is 0 Å². The molecule has 0 N–H and O–H groups in total. The van der Waals surface area contributed by atoms with Crippen LogP contribution < -0.4 is 0 Å². The van der Waals surface area contributed by atoms with Crippen LogP contribution in [0, 0.1) is 0 Å². The first kappa shape index (κ1) is 24.0. The highest BCUT2D eigenvalue weighted by atomic mass is 16.6. The molecular formula is C25H28N2O6. The summed E-state index contributed by atoms with van der Waals surface area (Å²) in [6.45, 7) is 2.69. The number of esters is 3. The summed E-state index contributed by atoms with van der Waals surface area (Å²) in [5, 5.41) is 0. The zero-order valence-corrected chi connectivity index (χ0v) is 19.0. The second-order valence-corrected chi connectivity index (χ2v) is 7.92. The van der Waals surface area contributed by atoms with Crippen LogP contribution >= 0.6 is 0 Å². The number of carbonyl (C=O) groups excluding carboxylic acids is 3. The van der Waals surface area contributed by atoms with Gasteiger partial charge in [-0.3, -0.25) is 9.59 Å². The SMILES string of the molecule is CC(=O)OC1C/C=C\C(OC(C)=O)C(OC(=O)/C=C/c2cn(C)cn2)Cc2ccccc2C1. The van der Waals surface area contributed by atoms with Crippen molar-refractivity contribution in [1.82, 2.24) is 9.55 Å². The van der Waals surface area contributed by atoms with Crippen molar-refractivity contribution in [3.05, 3.63) is 71.8 Å². The first-order chi connectivity index (χ1) is 15.8. The molecule has 1 aliphatic carbocycles. The number of ether oxygens (including phenoxy) is 3. The van der Waals surface area contributed by atoms with Gasteiger partial charge in [0.15, 0.2) is 6.10 Å². The Bertz CT molecular complexity index is 1050. The molecule has 0 aliphatic heterocycles. The maximum Gasteiger partial charge on any atom is 0.331 e. The normalized spacial score (nSPS) is 21.6. The van der Waals surface area contributed by atoms with Crippen molar-refractivity contribution in [3.63, 3.8) is 0 Å². The lowest BCUT2D eigenvalue weighted by atomic mass is 9.93. The molecule has 0 fully saturated rings. The lowest BCUT2D eigenvalue weighted by Gasteiger charge is -2.27. The summed E-state index contributed by atoms with van der Waals surface area (Å²) in [6.07, 6.45) is 9.16. The molecule has 3 atom stereocenters. The number of imidazole rings is 1. The third kappa shape index (κ3) is 7.45. The molecule has 1 aromatic carbocycles. The molecule has 0 amide bonds. The number of aryl methyl sites for hydroxylation is 1. The first-order valence-electron chi connectivity index (χ1n) is 10.7. The van der Waals surface area contributed by atoms with Crippen molar-refractivity contribution in [1.29, 1.82) is 0 Å². The lowest BCUT2D eigenvalue weighted by Crippen LogP contribution is -2.36. The molecule has 1 aromatic heterocycles. The average Bonchev–Trinajstić information content (AvgIpc) is 3.16. The topological polar surface area (TPSA) is 96.7 Å². The molecule has 3 rings (SSSR count). The van der Waals surface area contributed by atoms with Gasteiger partial charge in [-0.25, -0.2) is 9.78 Å². The van der Waals surface area contributed by atoms with E-state index in [1.807, 2.05) is 31.3 Å². The number of fused-ring (bicyclic) bond motifs is 1. The maximum absolute atomic E-state index is 12.6. The van der Waals surface area contributed by atoms with E-state index in [2.05, 4.69) is 4.98 Å². The number of nitrogens with zero attached hydrogens (tertiary/aromatic N) is 2. The molecule has 0 saturated heterocycles. The third-order valence-corrected chi connectivity index (χ3v) is 5.10. The maximum atomic E-state index is 12.6. The van der Waals surface area contributed by atoms with Gasteiger partial charge in [0, 0.05) is 52.4 Å². The quantitative estimate of drug-likeness (QED) is 0.298. The molecule has 0 spiro atoms. The van der Waals surface area contributed by atoms with Crippen LogP contribution in [0.25, 0.3) is 6.08 Å². The Kier molecular flexibility index (Phi) is 8.18. The van der Waals surface area contributed by atoms with Crippen LogP contribution in [0.4, 0.5) is 0 Å². The van der Waals surface area contributed by atoms with Crippen molar-refractivity contribution in [2.75, 3.05) is 0 Å². The van der Waals surface area contributed by atoms with Gasteiger partial charge in [0.25, 0.3) is 0 Å². The van der Waals surface area contributed by atoms with E-state index in [9.17, 15) is 14.4 Å². The third-order valence-electron chi connectivity index (χ3n) is 5.10. The minimum absolute atomic E-state index is 0.328. The van der Waals surface area contributed by atoms with E-state index in [0.29, 0.717) is 25.0 Å². The standard InChI is InChI=1S/C25H28N2O6/c1-17(28)31-22-9-6-10-23(32-18(2)29)24(14-20-8-5-4-7-19(20)13-22)33-25(30)12-11-21-15-27(3)16-26-21/h4-8,10-12,15-16,22-24H,9,13-14H2,1-3H3/b10-6-,12-11+. The van der Waals surface area contributed by atoms with E-state index in [1.165, 1.54) is 19.9 Å². The summed E-state index contributed by atoms with van der Waals surface area (Å²) in [4.78, 5) is 40.1. The van der Waals surface area contributed by atoms with E-state index in [0.717, 1.165) is 11.1 Å². The summed E-state index contributed by atoms with van der Waals surface area (Å²) < 4.78 is 18.5. The Morgan fingerprint density at radius 1 is 1.03 bits per heavy atom. The molecule has 8 nitrogen and oxygen atoms in total. The number of benzene rings is 1. The summed E-state index contributed by atoms with van der Waals surface area (Å²) in [6, 6.07) is 7.69. The van der Waals surface area contributed by atoms with Crippen molar-refractivity contribution in [2.45, 2.75) is 51.4 Å². The average molecular weight is 453 g/mol. The van der Waals surface area contributed by atoms with Gasteiger partial charge in [0.2, 0.25) is 0 Å². The molecule has 8 heteroatoms. The smallest absolute Gasteiger partial charge is 0.331 e. The minimum atomic E-state index is -0.793. The van der Waals surface area contributed by atoms with Crippen LogP contribution in [0.1, 0.15) is 37.1 Å². The molecule has 2 aromatic rings. The van der Waals surface area contributed by atoms with E-state index >= 15 is 0 Å². The molecule has 1 heterocycles. The Morgan fingerprint density at radius 3 is 2.36 bits per heavy atom. The van der Waals surface area contributed by atoms with Gasteiger partial charge in [-0.05, 0) is 23.3 Å². The van der Waals surface area contributed by atoms with Gasteiger partial charge in [-0.1, -0.05) is 30.3 Å². The Labute approximate surface area is 192 Å². The fraction of sp³-hybridized carbons (Fsp3) is 0.360. The van der Waals surface area contributed by atoms with Crippen LogP contribution in [-0.4, -0.2) is 45.8 Å². The molecular weight excluding hydrogens is 424 g/mol. The van der Waals surface area contributed by atoms with E-state index in [4.69, 9.17) is 14.2 Å². The summed E-state index contributed by atoms with van der Waals surface area (Å²) in [7, 11) is 1.84. The fourth-order valence-corrected chi connectivity index (χ4v) is 3.71. The second kappa shape index (κ2) is 11.3. The van der Waals surface area contributed by atoms with E-state index < -0.39 is 24.1 Å². The van der Waals surface area contributed by atoms with Crippen LogP contribution in [0.3, 0.4) is 0 Å². The number of hydrogen-bond donors (Lipinski definition) is 0. The van der Waals surface area contributed by atoms with Crippen molar-refractivity contribution in [3.8, 4) is 0 Å². The van der Waals surface area contributed by atoms with Crippen molar-refractivity contribution in [2.24, 2.45) is 7.05 Å². The van der Waals surface area contributed by atoms with Crippen molar-refractivity contribution < 1.29 is 28.6 Å². The molecule has 0 radical (unpaired) electrons. The molecule has 0 bridgehead atoms. The van der Waals surface area contributed by atoms with Gasteiger partial charge in [-0.2, -0.15) is 0 Å². The summed E-state index contributed by atoms with van der Waals surface area (Å²) in [5.41, 5.74) is 2.53. The first-order valence-corrected chi connectivity index (χ1v) is 10.7. The molecule has 1 aliphatic rings. The fourth-order valence-electron chi connectivity index (χ4n) is 3.71. The highest BCUT2D eigenvalue weighted by Crippen LogP contribution is 2.22. The van der Waals surface area contributed by atoms with Gasteiger partial charge >= 0.3 is 17.9 Å². The molecule has 33 heavy (non-hydrogen) atoms. The second-order valence-electron chi connectivity index (χ2n) is 7.92. The zero-order valence-electron chi connectivity index (χ0n) is 19.0.